The molecular weight excluding hydrogens is 1070 g/mol. The summed E-state index contributed by atoms with van der Waals surface area (Å²) in [5, 5.41) is 13.8. The lowest BCUT2D eigenvalue weighted by Crippen LogP contribution is -2.42. The average molecular weight is 1120 g/mol. The van der Waals surface area contributed by atoms with Gasteiger partial charge in [0.05, 0.1) is 13.1 Å². The van der Waals surface area contributed by atoms with Crippen LogP contribution in [0.15, 0.2) is 143 Å². The van der Waals surface area contributed by atoms with E-state index in [4.69, 9.17) is 54.3 Å². The Bertz CT molecular complexity index is 3530. The van der Waals surface area contributed by atoms with Gasteiger partial charge in [-0.15, -0.1) is 0 Å². The number of carboxylic acid groups (broad SMARTS) is 1. The summed E-state index contributed by atoms with van der Waals surface area (Å²) in [7, 11) is 0. The standard InChI is InChI=1S/C29H25ClF2N4O3.C21H19ClF2N2O2.C8H8N2O2/c30-21-13-23(19-3-5-20(6-4-19)28(38)36-11-9-29(31,32)10-12-36)24-15-22(39-25(24)14-21)17-35-27(37)8-2-18-1-7-26(33)34-16-18;22-15-9-17(18-11-16(12-25)28-19(18)10-15)13-1-3-14(4-2-13)20(27)26-7-5-21(23,24)6-8-26;9-7-3-1-6(5-10-7)2-4-8(11)12/h1-8,13-16H,9-12,17H2,(H2,33,34)(H,35,37);1-4,9-11H,5-8,12,25H2;1-5H,(H2,9,10)(H,11,12)/b8-2+;;4-2+. The van der Waals surface area contributed by atoms with Crippen LogP contribution >= 0.6 is 23.2 Å². The number of anilines is 2. The first-order valence-corrected chi connectivity index (χ1v) is 25.5. The molecule has 0 bridgehead atoms. The zero-order valence-corrected chi connectivity index (χ0v) is 43.6. The second-order valence-corrected chi connectivity index (χ2v) is 19.4. The molecule has 8 N–H and O–H groups in total. The second kappa shape index (κ2) is 24.9. The quantitative estimate of drug-likeness (QED) is 0.0601. The van der Waals surface area contributed by atoms with Gasteiger partial charge in [-0.1, -0.05) is 47.5 Å². The minimum Gasteiger partial charge on any atom is -0.478 e. The number of furan rings is 2. The molecule has 0 spiro atoms. The number of carbonyl (C=O) groups is 4. The molecule has 2 fully saturated rings. The molecule has 21 heteroatoms. The maximum Gasteiger partial charge on any atom is 0.328 e. The van der Waals surface area contributed by atoms with Gasteiger partial charge in [0.25, 0.3) is 23.7 Å². The Labute approximate surface area is 460 Å². The van der Waals surface area contributed by atoms with Crippen molar-refractivity contribution >= 4 is 92.6 Å². The van der Waals surface area contributed by atoms with E-state index in [2.05, 4.69) is 15.3 Å². The zero-order valence-electron chi connectivity index (χ0n) is 42.1. The number of aliphatic carboxylic acids is 1. The van der Waals surface area contributed by atoms with Gasteiger partial charge in [0.15, 0.2) is 0 Å². The first kappa shape index (κ1) is 56.7. The van der Waals surface area contributed by atoms with Crippen LogP contribution in [-0.4, -0.2) is 86.6 Å². The molecular formula is C58H52Cl2F4N8O7. The third-order valence-electron chi connectivity index (χ3n) is 12.9. The minimum atomic E-state index is -2.71. The summed E-state index contributed by atoms with van der Waals surface area (Å²) in [6, 6.07) is 31.5. The fourth-order valence-corrected chi connectivity index (χ4v) is 9.02. The van der Waals surface area contributed by atoms with E-state index in [1.54, 1.807) is 91.1 Å². The number of nitrogens with zero attached hydrogens (tertiary/aromatic N) is 4. The number of likely N-dealkylation sites (tertiary alicyclic amines) is 2. The third kappa shape index (κ3) is 15.2. The van der Waals surface area contributed by atoms with Gasteiger partial charge in [0, 0.05) is 120 Å². The number of alkyl halides is 4. The van der Waals surface area contributed by atoms with Crippen LogP contribution in [0.4, 0.5) is 29.2 Å². The molecule has 8 aromatic rings. The van der Waals surface area contributed by atoms with Crippen LogP contribution in [0, 0.1) is 0 Å². The van der Waals surface area contributed by atoms with E-state index in [0.29, 0.717) is 61.1 Å². The molecule has 6 heterocycles. The van der Waals surface area contributed by atoms with E-state index in [1.165, 1.54) is 28.1 Å². The van der Waals surface area contributed by atoms with Crippen molar-refractivity contribution in [2.24, 2.45) is 5.73 Å². The fourth-order valence-electron chi connectivity index (χ4n) is 8.61. The molecule has 0 atom stereocenters. The van der Waals surface area contributed by atoms with Crippen molar-refractivity contribution in [1.29, 1.82) is 0 Å². The molecule has 0 saturated carbocycles. The number of nitrogens with two attached hydrogens (primary N) is 3. The number of nitrogen functional groups attached to an aromatic ring is 2. The normalized spacial score (nSPS) is 14.9. The van der Waals surface area contributed by atoms with Gasteiger partial charge >= 0.3 is 5.97 Å². The van der Waals surface area contributed by atoms with Crippen molar-refractivity contribution in [3.63, 3.8) is 0 Å². The third-order valence-corrected chi connectivity index (χ3v) is 13.3. The van der Waals surface area contributed by atoms with Crippen molar-refractivity contribution in [2.45, 2.75) is 50.6 Å². The van der Waals surface area contributed by atoms with Crippen LogP contribution in [0.1, 0.15) is 69.0 Å². The SMILES string of the molecule is NCc1cc2c(-c3ccc(C(=O)N4CCC(F)(F)CC4)cc3)cc(Cl)cc2o1.Nc1ccc(/C=C/C(=O)NCc2cc3c(-c4ccc(C(=O)N5CCC(F)(F)CC5)cc4)cc(Cl)cc3o2)cn1.Nc1ccc(/C=C/C(=O)O)cn1. The Morgan fingerprint density at radius 1 is 0.608 bits per heavy atom. The number of rotatable bonds is 11. The Kier molecular flexibility index (Phi) is 17.8. The van der Waals surface area contributed by atoms with Crippen LogP contribution in [-0.2, 0) is 22.7 Å². The summed E-state index contributed by atoms with van der Waals surface area (Å²) < 4.78 is 65.1. The molecule has 0 aliphatic carbocycles. The highest BCUT2D eigenvalue weighted by atomic mass is 35.5. The van der Waals surface area contributed by atoms with Gasteiger partial charge in [0.1, 0.15) is 34.3 Å². The van der Waals surface area contributed by atoms with Crippen molar-refractivity contribution in [1.82, 2.24) is 25.1 Å². The lowest BCUT2D eigenvalue weighted by atomic mass is 9.99. The van der Waals surface area contributed by atoms with E-state index in [0.717, 1.165) is 44.7 Å². The molecule has 79 heavy (non-hydrogen) atoms. The van der Waals surface area contributed by atoms with E-state index < -0.39 is 17.8 Å². The van der Waals surface area contributed by atoms with Gasteiger partial charge in [-0.05, 0) is 118 Å². The van der Waals surface area contributed by atoms with Gasteiger partial charge in [-0.3, -0.25) is 14.4 Å². The Morgan fingerprint density at radius 2 is 1.03 bits per heavy atom. The minimum absolute atomic E-state index is 0.0330. The maximum absolute atomic E-state index is 13.5. The number of pyridine rings is 2. The van der Waals surface area contributed by atoms with E-state index in [1.807, 2.05) is 30.3 Å². The van der Waals surface area contributed by atoms with Crippen LogP contribution in [0.25, 0.3) is 56.3 Å². The summed E-state index contributed by atoms with van der Waals surface area (Å²) in [5.41, 5.74) is 23.5. The monoisotopic (exact) mass is 1120 g/mol. The van der Waals surface area contributed by atoms with Gasteiger partial charge in [-0.25, -0.2) is 32.3 Å². The molecule has 2 saturated heterocycles. The molecule has 10 rings (SSSR count). The Balaban J connectivity index is 0.000000178. The summed E-state index contributed by atoms with van der Waals surface area (Å²) in [5.74, 6) is -5.15. The van der Waals surface area contributed by atoms with Gasteiger partial charge < -0.3 is 46.3 Å². The Morgan fingerprint density at radius 3 is 1.43 bits per heavy atom. The largest absolute Gasteiger partial charge is 0.478 e. The van der Waals surface area contributed by atoms with Crippen molar-refractivity contribution < 1.29 is 50.7 Å². The Hall–Kier alpha value is -8.52. The number of aromatic nitrogens is 2. The van der Waals surface area contributed by atoms with E-state index >= 15 is 0 Å². The van der Waals surface area contributed by atoms with Gasteiger partial charge in [0.2, 0.25) is 5.91 Å². The van der Waals surface area contributed by atoms with Crippen molar-refractivity contribution in [3.05, 3.63) is 178 Å². The highest BCUT2D eigenvalue weighted by molar-refractivity contribution is 6.32. The zero-order chi connectivity index (χ0) is 56.4. The number of carbonyl (C=O) groups excluding carboxylic acids is 3. The lowest BCUT2D eigenvalue weighted by Gasteiger charge is -2.31. The molecule has 15 nitrogen and oxygen atoms in total. The number of hydrogen-bond acceptors (Lipinski definition) is 11. The molecule has 4 aromatic carbocycles. The lowest BCUT2D eigenvalue weighted by molar-refractivity contribution is -0.131. The number of nitrogens with one attached hydrogen (secondary N) is 1. The van der Waals surface area contributed by atoms with Gasteiger partial charge in [-0.2, -0.15) is 0 Å². The number of piperidine rings is 2. The molecule has 4 aromatic heterocycles. The summed E-state index contributed by atoms with van der Waals surface area (Å²) in [6.45, 7) is 0.653. The number of benzene rings is 4. The first-order chi connectivity index (χ1) is 37.7. The summed E-state index contributed by atoms with van der Waals surface area (Å²) in [6.07, 6.45) is 7.39. The maximum atomic E-state index is 13.5. The van der Waals surface area contributed by atoms with E-state index in [9.17, 15) is 36.7 Å². The molecule has 408 valence electrons. The number of hydrogen-bond donors (Lipinski definition) is 5. The number of fused-ring (bicyclic) bond motifs is 2. The van der Waals surface area contributed by atoms with E-state index in [-0.39, 0.29) is 82.7 Å². The molecule has 2 aliphatic heterocycles. The molecule has 3 amide bonds. The topological polar surface area (TPSA) is 237 Å². The highest BCUT2D eigenvalue weighted by Gasteiger charge is 2.37. The summed E-state index contributed by atoms with van der Waals surface area (Å²) in [4.78, 5) is 58.5. The molecule has 0 radical (unpaired) electrons. The van der Waals surface area contributed by atoms with Crippen molar-refractivity contribution in [2.75, 3.05) is 37.6 Å². The predicted molar refractivity (Wildman–Crippen MR) is 296 cm³/mol. The first-order valence-electron chi connectivity index (χ1n) is 24.7. The second-order valence-electron chi connectivity index (χ2n) is 18.6. The van der Waals surface area contributed by atoms with Crippen LogP contribution < -0.4 is 22.5 Å². The molecule has 2 aliphatic rings. The number of amides is 3. The summed E-state index contributed by atoms with van der Waals surface area (Å²) >= 11 is 12.6. The smallest absolute Gasteiger partial charge is 0.328 e. The fraction of sp³-hybridized carbons (Fsp3) is 0.207. The number of carboxylic acids is 1. The highest BCUT2D eigenvalue weighted by Crippen LogP contribution is 2.37. The van der Waals surface area contributed by atoms with Crippen LogP contribution in [0.2, 0.25) is 10.0 Å². The van der Waals surface area contributed by atoms with Crippen molar-refractivity contribution in [3.8, 4) is 22.3 Å². The van der Waals surface area contributed by atoms with Crippen LogP contribution in [0.3, 0.4) is 0 Å². The van der Waals surface area contributed by atoms with Crippen LogP contribution in [0.5, 0.6) is 0 Å². The number of halogens is 6. The molecule has 0 unspecified atom stereocenters. The predicted octanol–water partition coefficient (Wildman–Crippen LogP) is 11.8. The average Bonchev–Trinajstić information content (AvgIpc) is 4.27.